The summed E-state index contributed by atoms with van der Waals surface area (Å²) in [5, 5.41) is 4.23. The van der Waals surface area contributed by atoms with Gasteiger partial charge >= 0.3 is 0 Å². The van der Waals surface area contributed by atoms with Crippen molar-refractivity contribution in [1.29, 1.82) is 0 Å². The number of aromatic nitrogens is 2. The summed E-state index contributed by atoms with van der Waals surface area (Å²) in [6.07, 6.45) is 5.43. The highest BCUT2D eigenvalue weighted by Crippen LogP contribution is 2.29. The second kappa shape index (κ2) is 9.10. The Kier molecular flexibility index (Phi) is 6.00. The summed E-state index contributed by atoms with van der Waals surface area (Å²) in [5.74, 6) is -0.0485. The van der Waals surface area contributed by atoms with E-state index in [9.17, 15) is 14.4 Å². The lowest BCUT2D eigenvalue weighted by Crippen LogP contribution is -2.51. The SMILES string of the molecule is Cn1ccc(-c2cc(Cl)c3ccc(C(=O)N4CCN(C(=O)C[C@H]5CCC(=O)N5)CC4)cc3n2)c1. The molecule has 9 heteroatoms. The molecule has 3 aromatic rings. The van der Waals surface area contributed by atoms with E-state index in [1.165, 1.54) is 0 Å². The van der Waals surface area contributed by atoms with E-state index in [0.29, 0.717) is 61.5 Å². The maximum absolute atomic E-state index is 13.2. The molecule has 1 atom stereocenters. The van der Waals surface area contributed by atoms with Crippen LogP contribution in [0.3, 0.4) is 0 Å². The molecule has 176 valence electrons. The minimum atomic E-state index is -0.0832. The van der Waals surface area contributed by atoms with E-state index >= 15 is 0 Å². The van der Waals surface area contributed by atoms with Crippen LogP contribution in [0.2, 0.25) is 5.02 Å². The number of fused-ring (bicyclic) bond motifs is 1. The van der Waals surface area contributed by atoms with Crippen LogP contribution >= 0.6 is 11.6 Å². The number of nitrogens with zero attached hydrogens (tertiary/aromatic N) is 4. The number of rotatable bonds is 4. The molecule has 0 unspecified atom stereocenters. The third-order valence-corrected chi connectivity index (χ3v) is 6.87. The summed E-state index contributed by atoms with van der Waals surface area (Å²) in [6, 6.07) is 9.14. The van der Waals surface area contributed by atoms with Crippen molar-refractivity contribution in [1.82, 2.24) is 24.7 Å². The van der Waals surface area contributed by atoms with Gasteiger partial charge in [-0.25, -0.2) is 4.98 Å². The number of hydrogen-bond acceptors (Lipinski definition) is 4. The van der Waals surface area contributed by atoms with Gasteiger partial charge in [0, 0.05) is 81.0 Å². The number of halogens is 1. The predicted molar refractivity (Wildman–Crippen MR) is 129 cm³/mol. The number of benzene rings is 1. The fraction of sp³-hybridized carbons (Fsp3) is 0.360. The largest absolute Gasteiger partial charge is 0.357 e. The van der Waals surface area contributed by atoms with Gasteiger partial charge in [0.15, 0.2) is 0 Å². The maximum atomic E-state index is 13.2. The first-order valence-electron chi connectivity index (χ1n) is 11.5. The van der Waals surface area contributed by atoms with Crippen molar-refractivity contribution in [2.45, 2.75) is 25.3 Å². The summed E-state index contributed by atoms with van der Waals surface area (Å²) in [6.45, 7) is 1.91. The lowest BCUT2D eigenvalue weighted by atomic mass is 10.1. The van der Waals surface area contributed by atoms with Crippen molar-refractivity contribution in [2.24, 2.45) is 7.05 Å². The second-order valence-electron chi connectivity index (χ2n) is 8.97. The van der Waals surface area contributed by atoms with Crippen LogP contribution in [0.15, 0.2) is 42.7 Å². The first-order chi connectivity index (χ1) is 16.4. The van der Waals surface area contributed by atoms with Crippen LogP contribution in [-0.4, -0.2) is 69.3 Å². The Hall–Kier alpha value is -3.39. The van der Waals surface area contributed by atoms with Crippen molar-refractivity contribution in [2.75, 3.05) is 26.2 Å². The molecule has 0 radical (unpaired) electrons. The lowest BCUT2D eigenvalue weighted by molar-refractivity contribution is -0.133. The lowest BCUT2D eigenvalue weighted by Gasteiger charge is -2.35. The normalized spacial score (nSPS) is 18.4. The third-order valence-electron chi connectivity index (χ3n) is 6.56. The van der Waals surface area contributed by atoms with Crippen LogP contribution in [0.25, 0.3) is 22.2 Å². The van der Waals surface area contributed by atoms with Gasteiger partial charge in [0.1, 0.15) is 0 Å². The fourth-order valence-corrected chi connectivity index (χ4v) is 4.90. The highest BCUT2D eigenvalue weighted by Gasteiger charge is 2.29. The molecule has 0 aliphatic carbocycles. The molecule has 34 heavy (non-hydrogen) atoms. The van der Waals surface area contributed by atoms with Crippen molar-refractivity contribution in [3.8, 4) is 11.3 Å². The van der Waals surface area contributed by atoms with E-state index < -0.39 is 0 Å². The van der Waals surface area contributed by atoms with Crippen LogP contribution in [0.4, 0.5) is 0 Å². The van der Waals surface area contributed by atoms with Crippen LogP contribution in [0.1, 0.15) is 29.6 Å². The molecule has 8 nitrogen and oxygen atoms in total. The Morgan fingerprint density at radius 1 is 1.12 bits per heavy atom. The predicted octanol–water partition coefficient (Wildman–Crippen LogP) is 2.85. The molecule has 2 aliphatic heterocycles. The molecule has 0 bridgehead atoms. The van der Waals surface area contributed by atoms with E-state index in [0.717, 1.165) is 16.6 Å². The van der Waals surface area contributed by atoms with Crippen molar-refractivity contribution < 1.29 is 14.4 Å². The van der Waals surface area contributed by atoms with Gasteiger partial charge in [-0.2, -0.15) is 0 Å². The molecule has 2 aromatic heterocycles. The fourth-order valence-electron chi connectivity index (χ4n) is 4.63. The number of carbonyl (C=O) groups is 3. The summed E-state index contributed by atoms with van der Waals surface area (Å²) in [5.41, 5.74) is 2.94. The number of carbonyl (C=O) groups excluding carboxylic acids is 3. The minimum Gasteiger partial charge on any atom is -0.357 e. The Morgan fingerprint density at radius 3 is 2.56 bits per heavy atom. The second-order valence-corrected chi connectivity index (χ2v) is 9.37. The minimum absolute atomic E-state index is 0.00951. The topological polar surface area (TPSA) is 87.5 Å². The summed E-state index contributed by atoms with van der Waals surface area (Å²) < 4.78 is 1.95. The van der Waals surface area contributed by atoms with Gasteiger partial charge in [-0.15, -0.1) is 0 Å². The van der Waals surface area contributed by atoms with Gasteiger partial charge in [-0.05, 0) is 30.7 Å². The van der Waals surface area contributed by atoms with E-state index in [-0.39, 0.29) is 23.8 Å². The number of aryl methyl sites for hydroxylation is 1. The number of hydrogen-bond donors (Lipinski definition) is 1. The molecule has 2 fully saturated rings. The van der Waals surface area contributed by atoms with E-state index in [4.69, 9.17) is 16.6 Å². The number of piperazine rings is 1. The molecule has 0 spiro atoms. The average molecular weight is 480 g/mol. The van der Waals surface area contributed by atoms with E-state index in [1.807, 2.05) is 42.2 Å². The van der Waals surface area contributed by atoms with Crippen LogP contribution in [-0.2, 0) is 16.6 Å². The first kappa shape index (κ1) is 22.4. The van der Waals surface area contributed by atoms with Gasteiger partial charge in [-0.1, -0.05) is 17.7 Å². The highest BCUT2D eigenvalue weighted by atomic mass is 35.5. The molecule has 1 N–H and O–H groups in total. The molecule has 5 rings (SSSR count). The molecule has 2 aliphatic rings. The first-order valence-corrected chi connectivity index (χ1v) is 11.8. The zero-order chi connectivity index (χ0) is 23.8. The Bertz CT molecular complexity index is 1280. The summed E-state index contributed by atoms with van der Waals surface area (Å²) in [4.78, 5) is 45.4. The summed E-state index contributed by atoms with van der Waals surface area (Å²) >= 11 is 6.51. The molecule has 4 heterocycles. The molecule has 3 amide bonds. The smallest absolute Gasteiger partial charge is 0.254 e. The molecule has 0 saturated carbocycles. The van der Waals surface area contributed by atoms with Gasteiger partial charge in [0.25, 0.3) is 5.91 Å². The zero-order valence-corrected chi connectivity index (χ0v) is 19.7. The molecule has 1 aromatic carbocycles. The van der Waals surface area contributed by atoms with Crippen molar-refractivity contribution in [3.05, 3.63) is 53.3 Å². The zero-order valence-electron chi connectivity index (χ0n) is 19.0. The molecular formula is C25H26ClN5O3. The average Bonchev–Trinajstić information content (AvgIpc) is 3.46. The third kappa shape index (κ3) is 4.50. The van der Waals surface area contributed by atoms with Crippen LogP contribution < -0.4 is 5.32 Å². The van der Waals surface area contributed by atoms with Crippen LogP contribution in [0, 0.1) is 0 Å². The Balaban J connectivity index is 1.27. The van der Waals surface area contributed by atoms with Crippen LogP contribution in [0.5, 0.6) is 0 Å². The van der Waals surface area contributed by atoms with E-state index in [2.05, 4.69) is 5.32 Å². The Labute approximate surface area is 202 Å². The number of amides is 3. The Morgan fingerprint density at radius 2 is 1.88 bits per heavy atom. The van der Waals surface area contributed by atoms with Gasteiger partial charge in [0.2, 0.25) is 11.8 Å². The number of pyridine rings is 1. The quantitative estimate of drug-likeness (QED) is 0.623. The van der Waals surface area contributed by atoms with Gasteiger partial charge in [0.05, 0.1) is 16.2 Å². The van der Waals surface area contributed by atoms with Gasteiger partial charge in [-0.3, -0.25) is 14.4 Å². The molecular weight excluding hydrogens is 454 g/mol. The number of nitrogens with one attached hydrogen (secondary N) is 1. The monoisotopic (exact) mass is 479 g/mol. The summed E-state index contributed by atoms with van der Waals surface area (Å²) in [7, 11) is 1.95. The van der Waals surface area contributed by atoms with Crippen molar-refractivity contribution >= 4 is 40.2 Å². The van der Waals surface area contributed by atoms with Crippen molar-refractivity contribution in [3.63, 3.8) is 0 Å². The van der Waals surface area contributed by atoms with E-state index in [1.54, 1.807) is 21.9 Å². The standard InChI is InChI=1S/C25H26ClN5O3/c1-29-7-6-17(15-29)21-14-20(26)19-4-2-16(12-22(19)28-21)25(34)31-10-8-30(9-11-31)24(33)13-18-3-5-23(32)27-18/h2,4,6-7,12,14-15,18H,3,5,8-11,13H2,1H3,(H,27,32)/t18-/m1/s1. The maximum Gasteiger partial charge on any atom is 0.254 e. The van der Waals surface area contributed by atoms with Gasteiger partial charge < -0.3 is 19.7 Å². The molecule has 2 saturated heterocycles. The highest BCUT2D eigenvalue weighted by molar-refractivity contribution is 6.35.